The van der Waals surface area contributed by atoms with Crippen LogP contribution in [0.1, 0.15) is 35.4 Å². The molecule has 1 aromatic heterocycles. The van der Waals surface area contributed by atoms with Crippen LogP contribution in [0, 0.1) is 6.92 Å². The molecule has 7 heteroatoms. The third kappa shape index (κ3) is 3.15. The zero-order valence-electron chi connectivity index (χ0n) is 13.8. The number of carbonyl (C=O) groups is 2. The fraction of sp³-hybridized carbons (Fsp3) is 0.412. The summed E-state index contributed by atoms with van der Waals surface area (Å²) in [5.74, 6) is 0.747. The molecule has 1 aromatic carbocycles. The average Bonchev–Trinajstić information content (AvgIpc) is 3.07. The van der Waals surface area contributed by atoms with Crippen LogP contribution in [0.4, 0.5) is 0 Å². The van der Waals surface area contributed by atoms with Crippen LogP contribution < -0.4 is 5.32 Å². The normalized spacial score (nSPS) is 17.6. The van der Waals surface area contributed by atoms with Crippen molar-refractivity contribution in [3.63, 3.8) is 0 Å². The fourth-order valence-electron chi connectivity index (χ4n) is 2.95. The minimum atomic E-state index is -0.394. The summed E-state index contributed by atoms with van der Waals surface area (Å²) in [6.45, 7) is 2.35. The summed E-state index contributed by atoms with van der Waals surface area (Å²) >= 11 is 0. The predicted molar refractivity (Wildman–Crippen MR) is 87.2 cm³/mol. The van der Waals surface area contributed by atoms with E-state index in [1.54, 1.807) is 43.1 Å². The number of hydrogen-bond acceptors (Lipinski definition) is 5. The Kier molecular flexibility index (Phi) is 4.59. The van der Waals surface area contributed by atoms with Gasteiger partial charge in [-0.05, 0) is 50.5 Å². The van der Waals surface area contributed by atoms with Crippen LogP contribution in [0.2, 0.25) is 0 Å². The van der Waals surface area contributed by atoms with Crippen LogP contribution in [-0.4, -0.2) is 46.5 Å². The van der Waals surface area contributed by atoms with Crippen LogP contribution in [0.15, 0.2) is 28.8 Å². The van der Waals surface area contributed by atoms with Gasteiger partial charge in [0.1, 0.15) is 6.04 Å². The van der Waals surface area contributed by atoms with Gasteiger partial charge in [-0.3, -0.25) is 9.59 Å². The maximum atomic E-state index is 12.8. The Bertz CT molecular complexity index is 739. The molecule has 0 saturated carbocycles. The van der Waals surface area contributed by atoms with Gasteiger partial charge in [-0.1, -0.05) is 5.16 Å². The molecule has 1 aliphatic heterocycles. The Morgan fingerprint density at radius 1 is 1.25 bits per heavy atom. The number of amides is 2. The molecule has 1 atom stereocenters. The predicted octanol–water partition coefficient (Wildman–Crippen LogP) is 1.79. The summed E-state index contributed by atoms with van der Waals surface area (Å²) in [6.07, 6.45) is 2.57. The van der Waals surface area contributed by atoms with Crippen molar-refractivity contribution in [2.45, 2.75) is 32.2 Å². The number of aromatic nitrogens is 2. The van der Waals surface area contributed by atoms with Gasteiger partial charge in [-0.2, -0.15) is 4.98 Å². The average molecular weight is 328 g/mol. The summed E-state index contributed by atoms with van der Waals surface area (Å²) in [5.41, 5.74) is 1.31. The van der Waals surface area contributed by atoms with E-state index in [9.17, 15) is 9.59 Å². The van der Waals surface area contributed by atoms with Gasteiger partial charge in [0.2, 0.25) is 5.91 Å². The van der Waals surface area contributed by atoms with E-state index in [0.717, 1.165) is 18.4 Å². The highest BCUT2D eigenvalue weighted by atomic mass is 16.5. The van der Waals surface area contributed by atoms with Gasteiger partial charge in [-0.25, -0.2) is 0 Å². The smallest absolute Gasteiger partial charge is 0.257 e. The first-order chi connectivity index (χ1) is 11.6. The lowest BCUT2D eigenvalue weighted by atomic mass is 9.99. The number of piperidine rings is 1. The molecule has 1 fully saturated rings. The SMILES string of the molecule is CNC(=O)C1CCCCN1C(=O)c1ccc(-c2nc(C)no2)cc1. The van der Waals surface area contributed by atoms with Crippen molar-refractivity contribution < 1.29 is 14.1 Å². The minimum Gasteiger partial charge on any atom is -0.357 e. The topological polar surface area (TPSA) is 88.3 Å². The quantitative estimate of drug-likeness (QED) is 0.928. The number of hydrogen-bond donors (Lipinski definition) is 1. The van der Waals surface area contributed by atoms with Crippen LogP contribution >= 0.6 is 0 Å². The van der Waals surface area contributed by atoms with E-state index in [1.807, 2.05) is 0 Å². The highest BCUT2D eigenvalue weighted by Gasteiger charge is 2.32. The van der Waals surface area contributed by atoms with E-state index in [-0.39, 0.29) is 11.8 Å². The molecule has 2 aromatic rings. The highest BCUT2D eigenvalue weighted by molar-refractivity contribution is 5.98. The number of rotatable bonds is 3. The first-order valence-electron chi connectivity index (χ1n) is 8.03. The molecule has 0 aliphatic carbocycles. The van der Waals surface area contributed by atoms with Crippen molar-refractivity contribution in [1.29, 1.82) is 0 Å². The number of likely N-dealkylation sites (N-methyl/N-ethyl adjacent to an activating group) is 1. The Morgan fingerprint density at radius 3 is 2.62 bits per heavy atom. The maximum Gasteiger partial charge on any atom is 0.257 e. The third-order valence-corrected chi connectivity index (χ3v) is 4.22. The van der Waals surface area contributed by atoms with Gasteiger partial charge < -0.3 is 14.7 Å². The number of benzene rings is 1. The molecule has 3 rings (SSSR count). The third-order valence-electron chi connectivity index (χ3n) is 4.22. The van der Waals surface area contributed by atoms with Gasteiger partial charge in [0.25, 0.3) is 11.8 Å². The van der Waals surface area contributed by atoms with Crippen LogP contribution in [0.3, 0.4) is 0 Å². The van der Waals surface area contributed by atoms with Crippen LogP contribution in [0.25, 0.3) is 11.5 Å². The Labute approximate surface area is 140 Å². The Balaban J connectivity index is 1.80. The first kappa shape index (κ1) is 16.2. The molecule has 1 saturated heterocycles. The van der Waals surface area contributed by atoms with Crippen molar-refractivity contribution in [3.8, 4) is 11.5 Å². The van der Waals surface area contributed by atoms with Gasteiger partial charge >= 0.3 is 0 Å². The molecule has 126 valence electrons. The summed E-state index contributed by atoms with van der Waals surface area (Å²) < 4.78 is 5.12. The van der Waals surface area contributed by atoms with Crippen molar-refractivity contribution in [2.75, 3.05) is 13.6 Å². The van der Waals surface area contributed by atoms with Crippen molar-refractivity contribution in [2.24, 2.45) is 0 Å². The number of aryl methyl sites for hydroxylation is 1. The molecule has 0 radical (unpaired) electrons. The highest BCUT2D eigenvalue weighted by Crippen LogP contribution is 2.22. The number of nitrogens with zero attached hydrogens (tertiary/aromatic N) is 3. The summed E-state index contributed by atoms with van der Waals surface area (Å²) in [5, 5.41) is 6.40. The van der Waals surface area contributed by atoms with Crippen LogP contribution in [0.5, 0.6) is 0 Å². The number of carbonyl (C=O) groups excluding carboxylic acids is 2. The summed E-state index contributed by atoms with van der Waals surface area (Å²) in [6, 6.07) is 6.62. The van der Waals surface area contributed by atoms with Gasteiger partial charge in [0.15, 0.2) is 5.82 Å². The van der Waals surface area contributed by atoms with Gasteiger partial charge in [0, 0.05) is 24.7 Å². The second-order valence-electron chi connectivity index (χ2n) is 5.85. The van der Waals surface area contributed by atoms with E-state index >= 15 is 0 Å². The minimum absolute atomic E-state index is 0.110. The molecule has 2 heterocycles. The lowest BCUT2D eigenvalue weighted by Gasteiger charge is -2.34. The second-order valence-corrected chi connectivity index (χ2v) is 5.85. The summed E-state index contributed by atoms with van der Waals surface area (Å²) in [4.78, 5) is 30.6. The molecule has 0 bridgehead atoms. The fourth-order valence-corrected chi connectivity index (χ4v) is 2.95. The lowest BCUT2D eigenvalue weighted by Crippen LogP contribution is -2.51. The largest absolute Gasteiger partial charge is 0.357 e. The van der Waals surface area contributed by atoms with Crippen molar-refractivity contribution in [1.82, 2.24) is 20.4 Å². The zero-order valence-corrected chi connectivity index (χ0v) is 13.8. The van der Waals surface area contributed by atoms with E-state index in [0.29, 0.717) is 30.2 Å². The Morgan fingerprint density at radius 2 is 2.00 bits per heavy atom. The van der Waals surface area contributed by atoms with Crippen molar-refractivity contribution >= 4 is 11.8 Å². The second kappa shape index (κ2) is 6.82. The van der Waals surface area contributed by atoms with E-state index in [4.69, 9.17) is 4.52 Å². The molecule has 1 N–H and O–H groups in total. The molecule has 1 unspecified atom stereocenters. The van der Waals surface area contributed by atoms with E-state index in [1.165, 1.54) is 0 Å². The van der Waals surface area contributed by atoms with Crippen molar-refractivity contribution in [3.05, 3.63) is 35.7 Å². The summed E-state index contributed by atoms with van der Waals surface area (Å²) in [7, 11) is 1.60. The van der Waals surface area contributed by atoms with Gasteiger partial charge in [-0.15, -0.1) is 0 Å². The number of nitrogens with one attached hydrogen (secondary N) is 1. The van der Waals surface area contributed by atoms with Crippen LogP contribution in [-0.2, 0) is 4.79 Å². The standard InChI is InChI=1S/C17H20N4O3/c1-11-19-16(24-20-11)12-6-8-13(9-7-12)17(23)21-10-4-3-5-14(21)15(22)18-2/h6-9,14H,3-5,10H2,1-2H3,(H,18,22). The molecule has 24 heavy (non-hydrogen) atoms. The molecular weight excluding hydrogens is 308 g/mol. The number of likely N-dealkylation sites (tertiary alicyclic amines) is 1. The van der Waals surface area contributed by atoms with E-state index in [2.05, 4.69) is 15.5 Å². The van der Waals surface area contributed by atoms with Gasteiger partial charge in [0.05, 0.1) is 0 Å². The molecular formula is C17H20N4O3. The lowest BCUT2D eigenvalue weighted by molar-refractivity contribution is -0.126. The molecule has 2 amide bonds. The molecule has 0 spiro atoms. The zero-order chi connectivity index (χ0) is 17.1. The monoisotopic (exact) mass is 328 g/mol. The van der Waals surface area contributed by atoms with E-state index < -0.39 is 6.04 Å². The maximum absolute atomic E-state index is 12.8. The first-order valence-corrected chi connectivity index (χ1v) is 8.03. The Hall–Kier alpha value is -2.70. The molecule has 7 nitrogen and oxygen atoms in total. The molecule has 1 aliphatic rings.